The lowest BCUT2D eigenvalue weighted by Gasteiger charge is -2.34. The van der Waals surface area contributed by atoms with Crippen molar-refractivity contribution < 1.29 is 4.39 Å². The molecule has 0 aromatic heterocycles. The molecule has 0 aliphatic carbocycles. The van der Waals surface area contributed by atoms with Crippen molar-refractivity contribution in [2.75, 3.05) is 40.8 Å². The van der Waals surface area contributed by atoms with Crippen LogP contribution in [0, 0.1) is 5.82 Å². The second-order valence-corrected chi connectivity index (χ2v) is 6.85. The Hall–Kier alpha value is -0.490. The normalized spacial score (nSPS) is 23.0. The molecule has 0 radical (unpaired) electrons. The molecule has 0 spiro atoms. The number of nitrogens with zero attached hydrogens (tertiary/aromatic N) is 2. The Morgan fingerprint density at radius 1 is 1.38 bits per heavy atom. The van der Waals surface area contributed by atoms with Crippen molar-refractivity contribution in [1.82, 2.24) is 15.1 Å². The molecule has 1 fully saturated rings. The van der Waals surface area contributed by atoms with E-state index >= 15 is 0 Å². The molecule has 3 nitrogen and oxygen atoms in total. The van der Waals surface area contributed by atoms with Crippen LogP contribution in [0.1, 0.15) is 12.0 Å². The van der Waals surface area contributed by atoms with Gasteiger partial charge in [0, 0.05) is 23.1 Å². The Balaban J connectivity index is 2.16. The van der Waals surface area contributed by atoms with Crippen LogP contribution in [-0.4, -0.2) is 62.7 Å². The molecular weight excluding hydrogens is 333 g/mol. The zero-order chi connectivity index (χ0) is 15.4. The van der Waals surface area contributed by atoms with E-state index in [0.717, 1.165) is 36.1 Å². The first-order valence-electron chi connectivity index (χ1n) is 7.51. The second kappa shape index (κ2) is 7.68. The zero-order valence-electron chi connectivity index (χ0n) is 13.1. The van der Waals surface area contributed by atoms with E-state index in [4.69, 9.17) is 0 Å². The number of halogens is 2. The Morgan fingerprint density at radius 3 is 2.86 bits per heavy atom. The van der Waals surface area contributed by atoms with E-state index in [0.29, 0.717) is 12.1 Å². The maximum atomic E-state index is 13.5. The SMILES string of the molecule is CNC(Cc1cc(F)ccc1Br)C1CN(C)CCCN1C. The summed E-state index contributed by atoms with van der Waals surface area (Å²) >= 11 is 3.54. The first kappa shape index (κ1) is 16.9. The standard InChI is InChI=1S/C16H25BrFN3/c1-19-15(10-12-9-13(18)5-6-14(12)17)16-11-20(2)7-4-8-21(16)3/h5-6,9,15-16,19H,4,7-8,10-11H2,1-3H3. The van der Waals surface area contributed by atoms with Gasteiger partial charge in [0.05, 0.1) is 0 Å². The van der Waals surface area contributed by atoms with Crippen LogP contribution >= 0.6 is 15.9 Å². The van der Waals surface area contributed by atoms with Gasteiger partial charge in [-0.15, -0.1) is 0 Å². The molecule has 0 amide bonds. The first-order chi connectivity index (χ1) is 10.0. The van der Waals surface area contributed by atoms with Gasteiger partial charge >= 0.3 is 0 Å². The van der Waals surface area contributed by atoms with E-state index in [1.54, 1.807) is 12.1 Å². The maximum absolute atomic E-state index is 13.5. The number of likely N-dealkylation sites (N-methyl/N-ethyl adjacent to an activating group) is 3. The molecule has 2 atom stereocenters. The van der Waals surface area contributed by atoms with Crippen LogP contribution in [0.15, 0.2) is 22.7 Å². The Kier molecular flexibility index (Phi) is 6.17. The molecule has 2 rings (SSSR count). The van der Waals surface area contributed by atoms with Gasteiger partial charge < -0.3 is 15.1 Å². The molecule has 1 heterocycles. The fraction of sp³-hybridized carbons (Fsp3) is 0.625. The third-order valence-corrected chi connectivity index (χ3v) is 5.17. The lowest BCUT2D eigenvalue weighted by atomic mass is 9.98. The monoisotopic (exact) mass is 357 g/mol. The van der Waals surface area contributed by atoms with Crippen LogP contribution in [0.2, 0.25) is 0 Å². The Bertz CT molecular complexity index is 469. The highest BCUT2D eigenvalue weighted by molar-refractivity contribution is 9.10. The minimum absolute atomic E-state index is 0.172. The average molecular weight is 358 g/mol. The summed E-state index contributed by atoms with van der Waals surface area (Å²) in [4.78, 5) is 4.82. The van der Waals surface area contributed by atoms with Crippen molar-refractivity contribution in [3.8, 4) is 0 Å². The summed E-state index contributed by atoms with van der Waals surface area (Å²) in [6.07, 6.45) is 2.02. The zero-order valence-corrected chi connectivity index (χ0v) is 14.7. The molecule has 1 aliphatic heterocycles. The topological polar surface area (TPSA) is 18.5 Å². The van der Waals surface area contributed by atoms with Gasteiger partial charge in [0.1, 0.15) is 5.82 Å². The Morgan fingerprint density at radius 2 is 2.14 bits per heavy atom. The van der Waals surface area contributed by atoms with Gasteiger partial charge in [-0.1, -0.05) is 15.9 Å². The van der Waals surface area contributed by atoms with Crippen molar-refractivity contribution in [1.29, 1.82) is 0 Å². The van der Waals surface area contributed by atoms with Gasteiger partial charge in [0.25, 0.3) is 0 Å². The predicted molar refractivity (Wildman–Crippen MR) is 89.2 cm³/mol. The third kappa shape index (κ3) is 4.49. The van der Waals surface area contributed by atoms with Crippen molar-refractivity contribution in [3.05, 3.63) is 34.1 Å². The van der Waals surface area contributed by atoms with E-state index in [-0.39, 0.29) is 5.82 Å². The van der Waals surface area contributed by atoms with Gasteiger partial charge in [-0.25, -0.2) is 4.39 Å². The minimum Gasteiger partial charge on any atom is -0.315 e. The van der Waals surface area contributed by atoms with E-state index in [1.165, 1.54) is 12.5 Å². The van der Waals surface area contributed by atoms with Crippen LogP contribution in [0.5, 0.6) is 0 Å². The third-order valence-electron chi connectivity index (χ3n) is 4.40. The molecule has 1 saturated heterocycles. The van der Waals surface area contributed by atoms with Crippen molar-refractivity contribution in [2.24, 2.45) is 0 Å². The molecule has 2 unspecified atom stereocenters. The fourth-order valence-corrected chi connectivity index (χ4v) is 3.52. The smallest absolute Gasteiger partial charge is 0.123 e. The van der Waals surface area contributed by atoms with Gasteiger partial charge in [0.2, 0.25) is 0 Å². The van der Waals surface area contributed by atoms with Crippen molar-refractivity contribution in [3.63, 3.8) is 0 Å². The fourth-order valence-electron chi connectivity index (χ4n) is 3.11. The number of rotatable bonds is 4. The molecule has 1 N–H and O–H groups in total. The van der Waals surface area contributed by atoms with Gasteiger partial charge in [-0.3, -0.25) is 0 Å². The summed E-state index contributed by atoms with van der Waals surface area (Å²) in [6, 6.07) is 5.65. The van der Waals surface area contributed by atoms with Crippen LogP contribution in [0.4, 0.5) is 4.39 Å². The summed E-state index contributed by atoms with van der Waals surface area (Å²) in [5.41, 5.74) is 1.02. The number of hydrogen-bond donors (Lipinski definition) is 1. The van der Waals surface area contributed by atoms with Crippen LogP contribution in [-0.2, 0) is 6.42 Å². The quantitative estimate of drug-likeness (QED) is 0.892. The highest BCUT2D eigenvalue weighted by atomic mass is 79.9. The average Bonchev–Trinajstić information content (AvgIpc) is 2.61. The van der Waals surface area contributed by atoms with Gasteiger partial charge in [-0.05, 0) is 70.8 Å². The van der Waals surface area contributed by atoms with Crippen LogP contribution in [0.3, 0.4) is 0 Å². The van der Waals surface area contributed by atoms with Crippen molar-refractivity contribution in [2.45, 2.75) is 24.9 Å². The summed E-state index contributed by atoms with van der Waals surface area (Å²) in [5, 5.41) is 3.43. The summed E-state index contributed by atoms with van der Waals surface area (Å²) < 4.78 is 14.5. The molecule has 5 heteroatoms. The van der Waals surface area contributed by atoms with Gasteiger partial charge in [-0.2, -0.15) is 0 Å². The summed E-state index contributed by atoms with van der Waals surface area (Å²) in [5.74, 6) is -0.172. The first-order valence-corrected chi connectivity index (χ1v) is 8.30. The summed E-state index contributed by atoms with van der Waals surface area (Å²) in [7, 11) is 6.36. The lowest BCUT2D eigenvalue weighted by Crippen LogP contribution is -2.52. The van der Waals surface area contributed by atoms with E-state index in [2.05, 4.69) is 45.1 Å². The molecule has 0 saturated carbocycles. The van der Waals surface area contributed by atoms with E-state index in [9.17, 15) is 4.39 Å². The molecule has 1 aliphatic rings. The second-order valence-electron chi connectivity index (χ2n) is 6.00. The molecule has 118 valence electrons. The number of nitrogens with one attached hydrogen (secondary N) is 1. The van der Waals surface area contributed by atoms with Crippen LogP contribution in [0.25, 0.3) is 0 Å². The summed E-state index contributed by atoms with van der Waals surface area (Å²) in [6.45, 7) is 3.29. The van der Waals surface area contributed by atoms with E-state index < -0.39 is 0 Å². The highest BCUT2D eigenvalue weighted by Gasteiger charge is 2.28. The van der Waals surface area contributed by atoms with E-state index in [1.807, 2.05) is 7.05 Å². The minimum atomic E-state index is -0.172. The molecule has 0 bridgehead atoms. The van der Waals surface area contributed by atoms with Gasteiger partial charge in [0.15, 0.2) is 0 Å². The lowest BCUT2D eigenvalue weighted by molar-refractivity contribution is 0.181. The largest absolute Gasteiger partial charge is 0.315 e. The highest BCUT2D eigenvalue weighted by Crippen LogP contribution is 2.22. The van der Waals surface area contributed by atoms with Crippen molar-refractivity contribution >= 4 is 15.9 Å². The molecule has 21 heavy (non-hydrogen) atoms. The Labute approximate surface area is 135 Å². The number of benzene rings is 1. The number of hydrogen-bond acceptors (Lipinski definition) is 3. The molecule has 1 aromatic carbocycles. The maximum Gasteiger partial charge on any atom is 0.123 e. The predicted octanol–water partition coefficient (Wildman–Crippen LogP) is 2.35. The molecule has 1 aromatic rings. The molecular formula is C16H25BrFN3. The van der Waals surface area contributed by atoms with Crippen LogP contribution < -0.4 is 5.32 Å².